The third-order valence-electron chi connectivity index (χ3n) is 6.40. The van der Waals surface area contributed by atoms with Gasteiger partial charge < -0.3 is 9.80 Å². The fourth-order valence-electron chi connectivity index (χ4n) is 4.74. The summed E-state index contributed by atoms with van der Waals surface area (Å²) < 4.78 is 0. The number of rotatable bonds is 4. The zero-order valence-corrected chi connectivity index (χ0v) is 17.7. The van der Waals surface area contributed by atoms with Crippen molar-refractivity contribution in [1.82, 2.24) is 24.8 Å². The molecule has 2 aliphatic rings. The average Bonchev–Trinajstić information content (AvgIpc) is 2.85. The summed E-state index contributed by atoms with van der Waals surface area (Å²) in [6, 6.07) is 12.3. The van der Waals surface area contributed by atoms with Gasteiger partial charge in [0, 0.05) is 69.8 Å². The summed E-state index contributed by atoms with van der Waals surface area (Å²) in [4.78, 5) is 33.1. The monoisotopic (exact) mass is 416 g/mol. The highest BCUT2D eigenvalue weighted by Crippen LogP contribution is 2.23. The van der Waals surface area contributed by atoms with E-state index >= 15 is 0 Å². The molecule has 0 saturated carbocycles. The molecule has 3 aromatic rings. The number of piperidine rings is 1. The third kappa shape index (κ3) is 4.37. The summed E-state index contributed by atoms with van der Waals surface area (Å²) in [6.45, 7) is 5.87. The minimum absolute atomic E-state index is 0.0337. The van der Waals surface area contributed by atoms with Crippen molar-refractivity contribution in [3.63, 3.8) is 0 Å². The molecule has 0 N–H and O–H groups in total. The first-order chi connectivity index (χ1) is 15.3. The normalized spacial score (nSPS) is 20.2. The summed E-state index contributed by atoms with van der Waals surface area (Å²) in [6.07, 6.45) is 7.33. The molecule has 0 radical (unpaired) electrons. The predicted octanol–water partition coefficient (Wildman–Crippen LogP) is 2.59. The topological polar surface area (TPSA) is 65.5 Å². The van der Waals surface area contributed by atoms with Gasteiger partial charge in [0.05, 0.1) is 11.4 Å². The van der Waals surface area contributed by atoms with Crippen molar-refractivity contribution in [2.24, 2.45) is 5.92 Å². The van der Waals surface area contributed by atoms with Crippen LogP contribution < -0.4 is 4.90 Å². The molecular formula is C24H28N6O. The molecule has 31 heavy (non-hydrogen) atoms. The quantitative estimate of drug-likeness (QED) is 0.651. The molecule has 1 aromatic carbocycles. The molecule has 2 aromatic heterocycles. The van der Waals surface area contributed by atoms with Crippen LogP contribution in [-0.2, 0) is 11.3 Å². The Labute approximate surface area is 182 Å². The largest absolute Gasteiger partial charge is 0.340 e. The second-order valence-corrected chi connectivity index (χ2v) is 8.43. The zero-order valence-electron chi connectivity index (χ0n) is 17.7. The van der Waals surface area contributed by atoms with Crippen LogP contribution in [-0.4, -0.2) is 69.9 Å². The lowest BCUT2D eigenvalue weighted by atomic mass is 9.96. The number of aromatic nitrogens is 3. The van der Waals surface area contributed by atoms with E-state index in [0.717, 1.165) is 63.6 Å². The number of benzene rings is 1. The van der Waals surface area contributed by atoms with Gasteiger partial charge in [-0.2, -0.15) is 0 Å². The third-order valence-corrected chi connectivity index (χ3v) is 6.40. The predicted molar refractivity (Wildman–Crippen MR) is 121 cm³/mol. The van der Waals surface area contributed by atoms with Gasteiger partial charge >= 0.3 is 0 Å². The van der Waals surface area contributed by atoms with Crippen LogP contribution in [0.5, 0.6) is 0 Å². The first-order valence-electron chi connectivity index (χ1n) is 11.1. The highest BCUT2D eigenvalue weighted by atomic mass is 16.2. The Kier molecular flexibility index (Phi) is 5.76. The van der Waals surface area contributed by atoms with E-state index in [-0.39, 0.29) is 11.8 Å². The van der Waals surface area contributed by atoms with E-state index < -0.39 is 0 Å². The van der Waals surface area contributed by atoms with Crippen LogP contribution in [0.2, 0.25) is 0 Å². The molecular weight excluding hydrogens is 388 g/mol. The number of piperazine rings is 1. The molecule has 1 amide bonds. The summed E-state index contributed by atoms with van der Waals surface area (Å²) in [5.74, 6) is 1.05. The molecule has 0 spiro atoms. The fourth-order valence-corrected chi connectivity index (χ4v) is 4.74. The van der Waals surface area contributed by atoms with Crippen molar-refractivity contribution in [3.05, 3.63) is 60.6 Å². The molecule has 2 saturated heterocycles. The van der Waals surface area contributed by atoms with E-state index in [1.165, 1.54) is 10.9 Å². The van der Waals surface area contributed by atoms with Crippen molar-refractivity contribution in [2.75, 3.05) is 44.2 Å². The molecule has 7 nitrogen and oxygen atoms in total. The van der Waals surface area contributed by atoms with Gasteiger partial charge in [-0.25, -0.2) is 9.97 Å². The van der Waals surface area contributed by atoms with Crippen LogP contribution in [0.15, 0.2) is 55.0 Å². The van der Waals surface area contributed by atoms with Crippen molar-refractivity contribution in [1.29, 1.82) is 0 Å². The molecule has 1 unspecified atom stereocenters. The Balaban J connectivity index is 1.18. The van der Waals surface area contributed by atoms with Gasteiger partial charge in [-0.05, 0) is 30.5 Å². The number of hydrogen-bond donors (Lipinski definition) is 0. The van der Waals surface area contributed by atoms with Crippen molar-refractivity contribution in [3.8, 4) is 0 Å². The lowest BCUT2D eigenvalue weighted by molar-refractivity contribution is -0.137. The molecule has 1 atom stereocenters. The van der Waals surface area contributed by atoms with Gasteiger partial charge in [-0.1, -0.05) is 24.3 Å². The number of hydrogen-bond acceptors (Lipinski definition) is 6. The van der Waals surface area contributed by atoms with Crippen LogP contribution in [0.3, 0.4) is 0 Å². The number of anilines is 1. The minimum Gasteiger partial charge on any atom is -0.340 e. The van der Waals surface area contributed by atoms with E-state index in [1.807, 2.05) is 18.3 Å². The van der Waals surface area contributed by atoms with Crippen LogP contribution >= 0.6 is 0 Å². The van der Waals surface area contributed by atoms with Crippen LogP contribution in [0, 0.1) is 5.92 Å². The summed E-state index contributed by atoms with van der Waals surface area (Å²) >= 11 is 0. The summed E-state index contributed by atoms with van der Waals surface area (Å²) in [5, 5.41) is 1.18. The van der Waals surface area contributed by atoms with E-state index in [2.05, 4.69) is 53.9 Å². The molecule has 0 bridgehead atoms. The minimum atomic E-state index is 0.0337. The fraction of sp³-hybridized carbons (Fsp3) is 0.417. The molecule has 7 heteroatoms. The highest BCUT2D eigenvalue weighted by Gasteiger charge is 2.31. The van der Waals surface area contributed by atoms with Gasteiger partial charge in [-0.15, -0.1) is 0 Å². The Bertz CT molecular complexity index is 1030. The number of carbonyl (C=O) groups excluding carboxylic acids is 1. The van der Waals surface area contributed by atoms with Gasteiger partial charge in [-0.3, -0.25) is 14.7 Å². The van der Waals surface area contributed by atoms with E-state index in [1.54, 1.807) is 12.4 Å². The van der Waals surface area contributed by atoms with Crippen LogP contribution in [0.1, 0.15) is 18.4 Å². The lowest BCUT2D eigenvalue weighted by Crippen LogP contribution is -2.52. The second kappa shape index (κ2) is 8.98. The van der Waals surface area contributed by atoms with Gasteiger partial charge in [0.15, 0.2) is 0 Å². The SMILES string of the molecule is O=C(C1CCCN(c2ncccn2)C1)N1CCN(Cc2cccc3cccnc23)CC1. The first kappa shape index (κ1) is 19.9. The van der Waals surface area contributed by atoms with Gasteiger partial charge in [0.2, 0.25) is 11.9 Å². The second-order valence-electron chi connectivity index (χ2n) is 8.43. The Morgan fingerprint density at radius 1 is 0.903 bits per heavy atom. The van der Waals surface area contributed by atoms with Crippen molar-refractivity contribution in [2.45, 2.75) is 19.4 Å². The van der Waals surface area contributed by atoms with Crippen LogP contribution in [0.25, 0.3) is 10.9 Å². The Hall–Kier alpha value is -3.06. The number of pyridine rings is 1. The number of nitrogens with zero attached hydrogens (tertiary/aromatic N) is 6. The van der Waals surface area contributed by atoms with Crippen molar-refractivity contribution < 1.29 is 4.79 Å². The molecule has 2 fully saturated rings. The molecule has 2 aliphatic heterocycles. The summed E-state index contributed by atoms with van der Waals surface area (Å²) in [5.41, 5.74) is 2.33. The molecule has 4 heterocycles. The van der Waals surface area contributed by atoms with Crippen LogP contribution in [0.4, 0.5) is 5.95 Å². The summed E-state index contributed by atoms with van der Waals surface area (Å²) in [7, 11) is 0. The van der Waals surface area contributed by atoms with E-state index in [4.69, 9.17) is 0 Å². The molecule has 160 valence electrons. The highest BCUT2D eigenvalue weighted by molar-refractivity contribution is 5.81. The number of fused-ring (bicyclic) bond motifs is 1. The maximum absolute atomic E-state index is 13.2. The maximum Gasteiger partial charge on any atom is 0.227 e. The molecule has 0 aliphatic carbocycles. The van der Waals surface area contributed by atoms with Gasteiger partial charge in [0.1, 0.15) is 0 Å². The standard InChI is InChI=1S/C24H28N6O/c31-23(21-8-3-12-30(18-21)24-26-10-4-11-27-24)29-15-13-28(14-16-29)17-20-6-1-5-19-7-2-9-25-22(19)20/h1-2,4-7,9-11,21H,3,8,12-18H2. The number of amides is 1. The zero-order chi connectivity index (χ0) is 21.0. The maximum atomic E-state index is 13.2. The Morgan fingerprint density at radius 3 is 2.52 bits per heavy atom. The average molecular weight is 417 g/mol. The smallest absolute Gasteiger partial charge is 0.227 e. The first-order valence-corrected chi connectivity index (χ1v) is 11.1. The van der Waals surface area contributed by atoms with E-state index in [9.17, 15) is 4.79 Å². The Morgan fingerprint density at radius 2 is 1.68 bits per heavy atom. The lowest BCUT2D eigenvalue weighted by Gasteiger charge is -2.39. The number of carbonyl (C=O) groups is 1. The van der Waals surface area contributed by atoms with Gasteiger partial charge in [0.25, 0.3) is 0 Å². The molecule has 5 rings (SSSR count). The van der Waals surface area contributed by atoms with E-state index in [0.29, 0.717) is 6.54 Å². The van der Waals surface area contributed by atoms with Crippen molar-refractivity contribution >= 4 is 22.8 Å². The number of para-hydroxylation sites is 1.